The summed E-state index contributed by atoms with van der Waals surface area (Å²) in [4.78, 5) is 0. The van der Waals surface area contributed by atoms with Crippen LogP contribution in [0.15, 0.2) is 0 Å². The molecule has 0 bridgehead atoms. The summed E-state index contributed by atoms with van der Waals surface area (Å²) < 4.78 is 12.8. The molecular formula is C20H44O2Si. The highest BCUT2D eigenvalue weighted by Crippen LogP contribution is 2.23. The van der Waals surface area contributed by atoms with Crippen molar-refractivity contribution in [2.24, 2.45) is 0 Å². The van der Waals surface area contributed by atoms with E-state index in [4.69, 9.17) is 8.85 Å². The number of unbranched alkanes of at least 4 members (excludes halogenated alkanes) is 8. The lowest BCUT2D eigenvalue weighted by Gasteiger charge is -2.32. The van der Waals surface area contributed by atoms with Crippen LogP contribution in [0.1, 0.15) is 105 Å². The Morgan fingerprint density at radius 3 is 1.78 bits per heavy atom. The third-order valence-corrected chi connectivity index (χ3v) is 8.54. The van der Waals surface area contributed by atoms with Gasteiger partial charge in [-0.2, -0.15) is 0 Å². The minimum absolute atomic E-state index is 0.364. The second-order valence-corrected chi connectivity index (χ2v) is 10.8. The van der Waals surface area contributed by atoms with E-state index in [0.29, 0.717) is 6.10 Å². The molecule has 0 aromatic carbocycles. The van der Waals surface area contributed by atoms with Crippen molar-refractivity contribution in [1.82, 2.24) is 0 Å². The minimum Gasteiger partial charge on any atom is -0.394 e. The molecule has 0 spiro atoms. The van der Waals surface area contributed by atoms with Gasteiger partial charge in [-0.15, -0.1) is 0 Å². The lowest BCUT2D eigenvalue weighted by atomic mass is 10.1. The quantitative estimate of drug-likeness (QED) is 0.205. The molecule has 0 heterocycles. The van der Waals surface area contributed by atoms with Gasteiger partial charge in [0.2, 0.25) is 0 Å². The summed E-state index contributed by atoms with van der Waals surface area (Å²) in [5, 5.41) is 0. The van der Waals surface area contributed by atoms with E-state index in [2.05, 4.69) is 34.6 Å². The molecule has 0 fully saturated rings. The third-order valence-electron chi connectivity index (χ3n) is 4.82. The first kappa shape index (κ1) is 23.1. The summed E-state index contributed by atoms with van der Waals surface area (Å²) in [5.41, 5.74) is 0. The zero-order valence-electron chi connectivity index (χ0n) is 16.8. The van der Waals surface area contributed by atoms with Crippen molar-refractivity contribution in [2.75, 3.05) is 6.61 Å². The topological polar surface area (TPSA) is 18.5 Å². The van der Waals surface area contributed by atoms with E-state index >= 15 is 0 Å². The summed E-state index contributed by atoms with van der Waals surface area (Å²) >= 11 is 0. The van der Waals surface area contributed by atoms with Gasteiger partial charge in [0, 0.05) is 12.7 Å². The SMILES string of the molecule is CCCCCCCCO[Si](CC)(CC)OC(C)CCCCCC. The van der Waals surface area contributed by atoms with Crippen LogP contribution in [0.2, 0.25) is 12.1 Å². The largest absolute Gasteiger partial charge is 0.394 e. The van der Waals surface area contributed by atoms with Crippen LogP contribution in [-0.4, -0.2) is 21.3 Å². The smallest absolute Gasteiger partial charge is 0.337 e. The molecule has 3 heteroatoms. The predicted octanol–water partition coefficient (Wildman–Crippen LogP) is 7.22. The van der Waals surface area contributed by atoms with Gasteiger partial charge < -0.3 is 8.85 Å². The van der Waals surface area contributed by atoms with Gasteiger partial charge in [-0.3, -0.25) is 0 Å². The Labute approximate surface area is 148 Å². The second-order valence-electron chi connectivity index (χ2n) is 7.01. The molecule has 0 aliphatic heterocycles. The standard InChI is InChI=1S/C20H44O2Si/c1-6-10-12-14-15-17-19-21-23(8-3,9-4)22-20(5)18-16-13-11-7-2/h20H,6-19H2,1-5H3. The van der Waals surface area contributed by atoms with Gasteiger partial charge in [-0.25, -0.2) is 0 Å². The van der Waals surface area contributed by atoms with E-state index in [9.17, 15) is 0 Å². The van der Waals surface area contributed by atoms with Gasteiger partial charge in [0.15, 0.2) is 0 Å². The van der Waals surface area contributed by atoms with Gasteiger partial charge in [0.05, 0.1) is 0 Å². The average Bonchev–Trinajstić information content (AvgIpc) is 2.57. The summed E-state index contributed by atoms with van der Waals surface area (Å²) in [5.74, 6) is 0. The molecule has 140 valence electrons. The number of hydrogen-bond donors (Lipinski definition) is 0. The molecule has 23 heavy (non-hydrogen) atoms. The molecule has 0 N–H and O–H groups in total. The van der Waals surface area contributed by atoms with E-state index in [-0.39, 0.29) is 0 Å². The third kappa shape index (κ3) is 12.2. The van der Waals surface area contributed by atoms with E-state index < -0.39 is 8.56 Å². The van der Waals surface area contributed by atoms with Crippen molar-refractivity contribution < 1.29 is 8.85 Å². The van der Waals surface area contributed by atoms with Crippen LogP contribution in [0.4, 0.5) is 0 Å². The molecule has 0 amide bonds. The van der Waals surface area contributed by atoms with Crippen LogP contribution in [0.3, 0.4) is 0 Å². The van der Waals surface area contributed by atoms with Crippen molar-refractivity contribution >= 4 is 8.56 Å². The molecule has 1 unspecified atom stereocenters. The fraction of sp³-hybridized carbons (Fsp3) is 1.00. The molecule has 0 saturated carbocycles. The first-order valence-corrected chi connectivity index (χ1v) is 12.7. The van der Waals surface area contributed by atoms with Gasteiger partial charge in [0.1, 0.15) is 0 Å². The molecule has 0 rings (SSSR count). The predicted molar refractivity (Wildman–Crippen MR) is 105 cm³/mol. The van der Waals surface area contributed by atoms with Crippen LogP contribution in [0, 0.1) is 0 Å². The van der Waals surface area contributed by atoms with Crippen molar-refractivity contribution in [3.63, 3.8) is 0 Å². The normalized spacial score (nSPS) is 13.4. The highest BCUT2D eigenvalue weighted by molar-refractivity contribution is 6.67. The summed E-state index contributed by atoms with van der Waals surface area (Å²) in [6, 6.07) is 2.16. The van der Waals surface area contributed by atoms with Crippen molar-refractivity contribution in [3.8, 4) is 0 Å². The van der Waals surface area contributed by atoms with Crippen LogP contribution < -0.4 is 0 Å². The Hall–Kier alpha value is 0.137. The number of rotatable bonds is 17. The van der Waals surface area contributed by atoms with Gasteiger partial charge in [-0.1, -0.05) is 85.5 Å². The van der Waals surface area contributed by atoms with Crippen LogP contribution in [0.5, 0.6) is 0 Å². The first-order chi connectivity index (χ1) is 11.1. The summed E-state index contributed by atoms with van der Waals surface area (Å²) in [6.45, 7) is 12.2. The molecule has 1 atom stereocenters. The first-order valence-electron chi connectivity index (χ1n) is 10.5. The van der Waals surface area contributed by atoms with Crippen molar-refractivity contribution in [3.05, 3.63) is 0 Å². The molecular weight excluding hydrogens is 300 g/mol. The van der Waals surface area contributed by atoms with E-state index in [0.717, 1.165) is 18.7 Å². The molecule has 0 aromatic rings. The van der Waals surface area contributed by atoms with Gasteiger partial charge in [-0.05, 0) is 31.9 Å². The monoisotopic (exact) mass is 344 g/mol. The molecule has 0 saturated heterocycles. The van der Waals surface area contributed by atoms with Crippen LogP contribution >= 0.6 is 0 Å². The zero-order chi connectivity index (χ0) is 17.4. The lowest BCUT2D eigenvalue weighted by molar-refractivity contribution is 0.114. The summed E-state index contributed by atoms with van der Waals surface area (Å²) in [6.07, 6.45) is 14.8. The van der Waals surface area contributed by atoms with Crippen LogP contribution in [-0.2, 0) is 8.85 Å². The van der Waals surface area contributed by atoms with E-state index in [1.165, 1.54) is 70.6 Å². The Morgan fingerprint density at radius 1 is 0.696 bits per heavy atom. The van der Waals surface area contributed by atoms with Gasteiger partial charge >= 0.3 is 8.56 Å². The Bertz CT molecular complexity index is 242. The second kappa shape index (κ2) is 15.7. The molecule has 0 radical (unpaired) electrons. The minimum atomic E-state index is -1.95. The number of hydrogen-bond acceptors (Lipinski definition) is 2. The van der Waals surface area contributed by atoms with Crippen molar-refractivity contribution in [2.45, 2.75) is 123 Å². The van der Waals surface area contributed by atoms with Gasteiger partial charge in [0.25, 0.3) is 0 Å². The Kier molecular flexibility index (Phi) is 15.7. The highest BCUT2D eigenvalue weighted by atomic mass is 28.4. The Morgan fingerprint density at radius 2 is 1.22 bits per heavy atom. The lowest BCUT2D eigenvalue weighted by Crippen LogP contribution is -2.43. The van der Waals surface area contributed by atoms with Crippen LogP contribution in [0.25, 0.3) is 0 Å². The maximum absolute atomic E-state index is 6.48. The average molecular weight is 345 g/mol. The van der Waals surface area contributed by atoms with E-state index in [1.54, 1.807) is 0 Å². The fourth-order valence-electron chi connectivity index (χ4n) is 3.08. The highest BCUT2D eigenvalue weighted by Gasteiger charge is 2.35. The molecule has 0 aliphatic carbocycles. The van der Waals surface area contributed by atoms with E-state index in [1.807, 2.05) is 0 Å². The maximum Gasteiger partial charge on any atom is 0.337 e. The zero-order valence-corrected chi connectivity index (χ0v) is 17.8. The fourth-order valence-corrected chi connectivity index (χ4v) is 5.76. The Balaban J connectivity index is 3.98. The molecule has 2 nitrogen and oxygen atoms in total. The summed E-state index contributed by atoms with van der Waals surface area (Å²) in [7, 11) is -1.95. The molecule has 0 aliphatic rings. The molecule has 0 aromatic heterocycles. The maximum atomic E-state index is 6.48. The van der Waals surface area contributed by atoms with Crippen molar-refractivity contribution in [1.29, 1.82) is 0 Å².